The number of aromatic amines is 2. The Bertz CT molecular complexity index is 739. The second-order valence-electron chi connectivity index (χ2n) is 5.52. The molecule has 0 radical (unpaired) electrons. The maximum Gasteiger partial charge on any atom is 0.126 e. The molecule has 7 nitrogen and oxygen atoms in total. The van der Waals surface area contributed by atoms with Gasteiger partial charge in [0.25, 0.3) is 0 Å². The van der Waals surface area contributed by atoms with Crippen molar-refractivity contribution in [3.05, 3.63) is 54.8 Å². The monoisotopic (exact) mass is 310 g/mol. The summed E-state index contributed by atoms with van der Waals surface area (Å²) in [6, 6.07) is 4.04. The Hall–Kier alpha value is -2.51. The zero-order valence-electron chi connectivity index (χ0n) is 12.6. The van der Waals surface area contributed by atoms with Gasteiger partial charge in [0.2, 0.25) is 0 Å². The fraction of sp³-hybridized carbons (Fsp3) is 0.312. The quantitative estimate of drug-likeness (QED) is 0.767. The van der Waals surface area contributed by atoms with Crippen molar-refractivity contribution in [1.29, 1.82) is 0 Å². The molecule has 0 amide bonds. The minimum absolute atomic E-state index is 0.101. The number of H-pyrrole nitrogens is 2. The van der Waals surface area contributed by atoms with Crippen molar-refractivity contribution >= 4 is 0 Å². The van der Waals surface area contributed by atoms with E-state index in [1.807, 2.05) is 24.5 Å². The van der Waals surface area contributed by atoms with Gasteiger partial charge in [-0.3, -0.25) is 9.88 Å². The van der Waals surface area contributed by atoms with Gasteiger partial charge in [-0.15, -0.1) is 0 Å². The van der Waals surface area contributed by atoms with E-state index < -0.39 is 0 Å². The lowest BCUT2D eigenvalue weighted by Crippen LogP contribution is -2.39. The Balaban J connectivity index is 1.56. The highest BCUT2D eigenvalue weighted by molar-refractivity contribution is 5.57. The Kier molecular flexibility index (Phi) is 3.87. The third-order valence-electron chi connectivity index (χ3n) is 4.05. The van der Waals surface area contributed by atoms with Crippen LogP contribution < -0.4 is 0 Å². The second kappa shape index (κ2) is 6.31. The van der Waals surface area contributed by atoms with E-state index in [1.165, 1.54) is 0 Å². The van der Waals surface area contributed by atoms with Crippen LogP contribution in [0.1, 0.15) is 17.7 Å². The van der Waals surface area contributed by atoms with Gasteiger partial charge < -0.3 is 14.7 Å². The predicted molar refractivity (Wildman–Crippen MR) is 84.4 cm³/mol. The van der Waals surface area contributed by atoms with Crippen LogP contribution in [-0.2, 0) is 11.3 Å². The summed E-state index contributed by atoms with van der Waals surface area (Å²) < 4.78 is 5.66. The van der Waals surface area contributed by atoms with Crippen LogP contribution in [0, 0.1) is 0 Å². The van der Waals surface area contributed by atoms with Crippen LogP contribution in [0.25, 0.3) is 11.3 Å². The lowest BCUT2D eigenvalue weighted by Gasteiger charge is -2.33. The van der Waals surface area contributed by atoms with Crippen molar-refractivity contribution in [3.63, 3.8) is 0 Å². The normalized spacial score (nSPS) is 19.0. The molecule has 7 heteroatoms. The van der Waals surface area contributed by atoms with E-state index in [0.717, 1.165) is 42.6 Å². The molecule has 2 N–H and O–H groups in total. The first-order chi connectivity index (χ1) is 11.4. The smallest absolute Gasteiger partial charge is 0.126 e. The molecule has 1 aliphatic heterocycles. The van der Waals surface area contributed by atoms with Gasteiger partial charge >= 0.3 is 0 Å². The summed E-state index contributed by atoms with van der Waals surface area (Å²) in [5, 5.41) is 0. The average Bonchev–Trinajstić information content (AvgIpc) is 3.28. The summed E-state index contributed by atoms with van der Waals surface area (Å²) in [5.74, 6) is 1.88. The van der Waals surface area contributed by atoms with Gasteiger partial charge in [0.1, 0.15) is 11.6 Å². The molecule has 0 spiro atoms. The van der Waals surface area contributed by atoms with Crippen LogP contribution in [0.4, 0.5) is 0 Å². The van der Waals surface area contributed by atoms with Crippen molar-refractivity contribution < 1.29 is 4.74 Å². The molecule has 4 heterocycles. The number of pyridine rings is 1. The van der Waals surface area contributed by atoms with Crippen LogP contribution in [0.3, 0.4) is 0 Å². The third-order valence-corrected chi connectivity index (χ3v) is 4.05. The van der Waals surface area contributed by atoms with Gasteiger partial charge in [-0.2, -0.15) is 0 Å². The van der Waals surface area contributed by atoms with Crippen molar-refractivity contribution in [3.8, 4) is 11.3 Å². The van der Waals surface area contributed by atoms with Gasteiger partial charge in [0, 0.05) is 36.9 Å². The topological polar surface area (TPSA) is 82.7 Å². The van der Waals surface area contributed by atoms with Gasteiger partial charge in [0.05, 0.1) is 37.7 Å². The molecule has 1 fully saturated rings. The molecule has 1 aliphatic rings. The van der Waals surface area contributed by atoms with Crippen molar-refractivity contribution in [2.24, 2.45) is 0 Å². The van der Waals surface area contributed by atoms with E-state index >= 15 is 0 Å². The lowest BCUT2D eigenvalue weighted by molar-refractivity contribution is -0.0166. The molecule has 3 aromatic rings. The molecule has 3 aromatic heterocycles. The first kappa shape index (κ1) is 14.1. The zero-order valence-corrected chi connectivity index (χ0v) is 12.6. The number of imidazole rings is 2. The molecule has 1 unspecified atom stereocenters. The lowest BCUT2D eigenvalue weighted by atomic mass is 10.2. The molecule has 1 saturated heterocycles. The Morgan fingerprint density at radius 1 is 1.22 bits per heavy atom. The van der Waals surface area contributed by atoms with Crippen LogP contribution in [0.2, 0.25) is 0 Å². The fourth-order valence-corrected chi connectivity index (χ4v) is 2.84. The molecule has 4 rings (SSSR count). The second-order valence-corrected chi connectivity index (χ2v) is 5.52. The third kappa shape index (κ3) is 3.01. The molecule has 1 atom stereocenters. The highest BCUT2D eigenvalue weighted by Gasteiger charge is 2.27. The number of rotatable bonds is 4. The minimum atomic E-state index is 0.101. The van der Waals surface area contributed by atoms with E-state index in [9.17, 15) is 0 Å². The van der Waals surface area contributed by atoms with Gasteiger partial charge in [-0.1, -0.05) is 0 Å². The van der Waals surface area contributed by atoms with Crippen molar-refractivity contribution in [1.82, 2.24) is 29.8 Å². The van der Waals surface area contributed by atoms with Gasteiger partial charge in [-0.25, -0.2) is 9.97 Å². The van der Waals surface area contributed by atoms with Gasteiger partial charge in [0.15, 0.2) is 0 Å². The first-order valence-electron chi connectivity index (χ1n) is 7.65. The maximum absolute atomic E-state index is 5.66. The number of nitrogens with zero attached hydrogens (tertiary/aromatic N) is 4. The summed E-state index contributed by atoms with van der Waals surface area (Å²) in [6.07, 6.45) is 9.05. The molecule has 23 heavy (non-hydrogen) atoms. The summed E-state index contributed by atoms with van der Waals surface area (Å²) in [7, 11) is 0. The Morgan fingerprint density at radius 3 is 2.96 bits per heavy atom. The SMILES string of the molecule is c1cc(-c2cnc(C3COCCN3Cc3ncc[nH]3)[nH]2)ccn1. The summed E-state index contributed by atoms with van der Waals surface area (Å²) in [4.78, 5) is 21.8. The molecule has 0 saturated carbocycles. The minimum Gasteiger partial charge on any atom is -0.378 e. The van der Waals surface area contributed by atoms with Crippen molar-refractivity contribution in [2.45, 2.75) is 12.6 Å². The highest BCUT2D eigenvalue weighted by Crippen LogP contribution is 2.25. The zero-order chi connectivity index (χ0) is 15.5. The standard InChI is InChI=1S/C16H18N6O/c1-3-17-4-2-12(1)13-9-20-16(21-13)14-11-23-8-7-22(14)10-15-18-5-6-19-15/h1-6,9,14H,7-8,10-11H2,(H,18,19)(H,20,21). The molecule has 0 aromatic carbocycles. The van der Waals surface area contributed by atoms with Crippen LogP contribution >= 0.6 is 0 Å². The van der Waals surface area contributed by atoms with E-state index in [1.54, 1.807) is 18.6 Å². The molecule has 118 valence electrons. The molecule has 0 aliphatic carbocycles. The van der Waals surface area contributed by atoms with E-state index in [2.05, 4.69) is 29.8 Å². The van der Waals surface area contributed by atoms with Gasteiger partial charge in [-0.05, 0) is 12.1 Å². The first-order valence-corrected chi connectivity index (χ1v) is 7.65. The maximum atomic E-state index is 5.66. The number of ether oxygens (including phenoxy) is 1. The number of aromatic nitrogens is 5. The molecular formula is C16H18N6O. The van der Waals surface area contributed by atoms with E-state index in [-0.39, 0.29) is 6.04 Å². The number of hydrogen-bond acceptors (Lipinski definition) is 5. The molecule has 0 bridgehead atoms. The van der Waals surface area contributed by atoms with E-state index in [0.29, 0.717) is 6.61 Å². The highest BCUT2D eigenvalue weighted by atomic mass is 16.5. The Labute approximate surface area is 133 Å². The summed E-state index contributed by atoms with van der Waals surface area (Å²) in [6.45, 7) is 2.97. The number of nitrogens with one attached hydrogen (secondary N) is 2. The van der Waals surface area contributed by atoms with Crippen LogP contribution in [0.5, 0.6) is 0 Å². The predicted octanol–water partition coefficient (Wildman–Crippen LogP) is 1.77. The average molecular weight is 310 g/mol. The summed E-state index contributed by atoms with van der Waals surface area (Å²) >= 11 is 0. The summed E-state index contributed by atoms with van der Waals surface area (Å²) in [5.41, 5.74) is 2.07. The van der Waals surface area contributed by atoms with Crippen LogP contribution in [0.15, 0.2) is 43.1 Å². The van der Waals surface area contributed by atoms with Crippen molar-refractivity contribution in [2.75, 3.05) is 19.8 Å². The number of hydrogen-bond donors (Lipinski definition) is 2. The fourth-order valence-electron chi connectivity index (χ4n) is 2.84. The van der Waals surface area contributed by atoms with Crippen LogP contribution in [-0.4, -0.2) is 49.6 Å². The number of morpholine rings is 1. The molecular weight excluding hydrogens is 292 g/mol. The largest absolute Gasteiger partial charge is 0.378 e. The van der Waals surface area contributed by atoms with E-state index in [4.69, 9.17) is 4.74 Å². The Morgan fingerprint density at radius 2 is 2.13 bits per heavy atom.